The Kier molecular flexibility index (Phi) is 5.34. The number of fused-ring (bicyclic) bond motifs is 1. The van der Waals surface area contributed by atoms with Crippen LogP contribution in [0.5, 0.6) is 5.88 Å². The molecule has 0 radical (unpaired) electrons. The van der Waals surface area contributed by atoms with Gasteiger partial charge in [-0.25, -0.2) is 4.57 Å². The lowest BCUT2D eigenvalue weighted by atomic mass is 10.1. The molecule has 0 unspecified atom stereocenters. The molecular weight excluding hydrogens is 417 g/mol. The molecule has 162 valence electrons. The van der Waals surface area contributed by atoms with Crippen molar-refractivity contribution in [1.82, 2.24) is 4.57 Å². The smallest absolute Gasteiger partial charge is 0.416 e. The lowest BCUT2D eigenvalue weighted by Crippen LogP contribution is -2.20. The van der Waals surface area contributed by atoms with Gasteiger partial charge in [0.15, 0.2) is 0 Å². The van der Waals surface area contributed by atoms with E-state index in [0.29, 0.717) is 11.1 Å². The van der Waals surface area contributed by atoms with Gasteiger partial charge >= 0.3 is 6.18 Å². The zero-order chi connectivity index (χ0) is 23.0. The number of aryl methyl sites for hydroxylation is 2. The lowest BCUT2D eigenvalue weighted by molar-refractivity contribution is -0.137. The van der Waals surface area contributed by atoms with E-state index in [1.165, 1.54) is 18.3 Å². The number of aromatic nitrogens is 1. The molecule has 0 saturated heterocycles. The van der Waals surface area contributed by atoms with Crippen LogP contribution in [0.1, 0.15) is 22.3 Å². The van der Waals surface area contributed by atoms with Crippen molar-refractivity contribution in [3.8, 4) is 11.6 Å². The quantitative estimate of drug-likeness (QED) is 0.396. The van der Waals surface area contributed by atoms with Crippen molar-refractivity contribution in [3.05, 3.63) is 99.3 Å². The maximum Gasteiger partial charge on any atom is 0.416 e. The van der Waals surface area contributed by atoms with Crippen LogP contribution >= 0.6 is 0 Å². The molecule has 0 aliphatic carbocycles. The second-order valence-electron chi connectivity index (χ2n) is 7.52. The average Bonchev–Trinajstić information content (AvgIpc) is 2.76. The van der Waals surface area contributed by atoms with Gasteiger partial charge in [-0.2, -0.15) is 13.2 Å². The van der Waals surface area contributed by atoms with Gasteiger partial charge in [0.05, 0.1) is 22.5 Å². The summed E-state index contributed by atoms with van der Waals surface area (Å²) in [6.07, 6.45) is -3.15. The Balaban J connectivity index is 1.98. The summed E-state index contributed by atoms with van der Waals surface area (Å²) >= 11 is 0. The van der Waals surface area contributed by atoms with E-state index in [4.69, 9.17) is 0 Å². The van der Waals surface area contributed by atoms with Crippen LogP contribution in [-0.2, 0) is 6.18 Å². The largest absolute Gasteiger partial charge is 0.494 e. The third kappa shape index (κ3) is 3.89. The van der Waals surface area contributed by atoms with Crippen LogP contribution in [0.4, 0.5) is 18.9 Å². The van der Waals surface area contributed by atoms with Crippen LogP contribution in [-0.4, -0.2) is 15.9 Å². The maximum absolute atomic E-state index is 13.2. The molecule has 0 bridgehead atoms. The Hall–Kier alpha value is -3.87. The van der Waals surface area contributed by atoms with E-state index >= 15 is 0 Å². The molecule has 3 aromatic carbocycles. The molecule has 0 fully saturated rings. The Bertz CT molecular complexity index is 1420. The van der Waals surface area contributed by atoms with E-state index in [1.807, 2.05) is 32.0 Å². The first-order chi connectivity index (χ1) is 15.2. The number of benzene rings is 3. The Morgan fingerprint density at radius 3 is 2.38 bits per heavy atom. The second-order valence-corrected chi connectivity index (χ2v) is 7.52. The van der Waals surface area contributed by atoms with E-state index < -0.39 is 23.2 Å². The molecule has 1 aromatic heterocycles. The molecule has 0 aliphatic rings. The minimum atomic E-state index is -4.58. The molecule has 7 heteroatoms. The van der Waals surface area contributed by atoms with Crippen molar-refractivity contribution < 1.29 is 18.3 Å². The van der Waals surface area contributed by atoms with E-state index in [2.05, 4.69) is 4.99 Å². The summed E-state index contributed by atoms with van der Waals surface area (Å²) in [4.78, 5) is 17.6. The predicted octanol–water partition coefficient (Wildman–Crippen LogP) is 6.08. The molecule has 0 spiro atoms. The highest BCUT2D eigenvalue weighted by Gasteiger charge is 2.31. The summed E-state index contributed by atoms with van der Waals surface area (Å²) in [7, 11) is 0. The van der Waals surface area contributed by atoms with E-state index in [-0.39, 0.29) is 16.6 Å². The fourth-order valence-electron chi connectivity index (χ4n) is 3.54. The highest BCUT2D eigenvalue weighted by molar-refractivity contribution is 6.02. The number of aromatic hydroxyl groups is 1. The first-order valence-corrected chi connectivity index (χ1v) is 9.82. The van der Waals surface area contributed by atoms with E-state index in [1.54, 1.807) is 24.3 Å². The van der Waals surface area contributed by atoms with Gasteiger partial charge in [-0.05, 0) is 55.3 Å². The third-order valence-corrected chi connectivity index (χ3v) is 5.23. The van der Waals surface area contributed by atoms with Crippen LogP contribution in [0.3, 0.4) is 0 Å². The topological polar surface area (TPSA) is 54.6 Å². The fourth-order valence-corrected chi connectivity index (χ4v) is 3.54. The zero-order valence-electron chi connectivity index (χ0n) is 17.3. The first kappa shape index (κ1) is 21.4. The monoisotopic (exact) mass is 436 g/mol. The molecule has 1 heterocycles. The SMILES string of the molecule is Cc1ccc(C)c(N=Cc2c(O)n(-c3cccc(C(F)(F)F)c3)c(=O)c3ccccc23)c1. The normalized spacial score (nSPS) is 12.0. The standard InChI is InChI=1S/C25H19F3N2O2/c1-15-10-11-16(2)22(12-15)29-14-21-19-8-3-4-9-20(19)23(31)30(24(21)32)18-7-5-6-17(13-18)25(26,27)28/h3-14,32H,1-2H3. The third-order valence-electron chi connectivity index (χ3n) is 5.23. The first-order valence-electron chi connectivity index (χ1n) is 9.82. The molecule has 4 aromatic rings. The van der Waals surface area contributed by atoms with Crippen molar-refractivity contribution in [2.45, 2.75) is 20.0 Å². The summed E-state index contributed by atoms with van der Waals surface area (Å²) in [5, 5.41) is 11.7. The van der Waals surface area contributed by atoms with Crippen molar-refractivity contribution in [2.75, 3.05) is 0 Å². The Labute approximate surface area is 181 Å². The van der Waals surface area contributed by atoms with E-state index in [9.17, 15) is 23.1 Å². The highest BCUT2D eigenvalue weighted by Crippen LogP contribution is 2.32. The molecule has 0 amide bonds. The highest BCUT2D eigenvalue weighted by atomic mass is 19.4. The Morgan fingerprint density at radius 2 is 1.66 bits per heavy atom. The fraction of sp³-hybridized carbons (Fsp3) is 0.120. The molecule has 4 rings (SSSR count). The number of hydrogen-bond donors (Lipinski definition) is 1. The molecule has 0 saturated carbocycles. The van der Waals surface area contributed by atoms with Gasteiger partial charge in [-0.1, -0.05) is 36.4 Å². The molecule has 0 atom stereocenters. The van der Waals surface area contributed by atoms with Crippen LogP contribution < -0.4 is 5.56 Å². The minimum absolute atomic E-state index is 0.0885. The van der Waals surface area contributed by atoms with Gasteiger partial charge in [0.1, 0.15) is 0 Å². The van der Waals surface area contributed by atoms with Crippen LogP contribution in [0.25, 0.3) is 16.5 Å². The zero-order valence-corrected chi connectivity index (χ0v) is 17.3. The van der Waals surface area contributed by atoms with Crippen LogP contribution in [0.2, 0.25) is 0 Å². The van der Waals surface area contributed by atoms with Gasteiger partial charge in [-0.15, -0.1) is 0 Å². The summed E-state index contributed by atoms with van der Waals surface area (Å²) in [6, 6.07) is 16.6. The summed E-state index contributed by atoms with van der Waals surface area (Å²) < 4.78 is 40.6. The summed E-state index contributed by atoms with van der Waals surface area (Å²) in [5.74, 6) is -0.484. The number of rotatable bonds is 3. The number of pyridine rings is 1. The minimum Gasteiger partial charge on any atom is -0.494 e. The predicted molar refractivity (Wildman–Crippen MR) is 119 cm³/mol. The Morgan fingerprint density at radius 1 is 0.938 bits per heavy atom. The number of hydrogen-bond acceptors (Lipinski definition) is 3. The molecule has 32 heavy (non-hydrogen) atoms. The lowest BCUT2D eigenvalue weighted by Gasteiger charge is -2.15. The maximum atomic E-state index is 13.2. The van der Waals surface area contributed by atoms with Gasteiger partial charge in [0, 0.05) is 17.0 Å². The molecular formula is C25H19F3N2O2. The number of nitrogens with zero attached hydrogens (tertiary/aromatic N) is 2. The molecule has 0 aliphatic heterocycles. The second kappa shape index (κ2) is 8.00. The van der Waals surface area contributed by atoms with Crippen LogP contribution in [0, 0.1) is 13.8 Å². The molecule has 1 N–H and O–H groups in total. The summed E-state index contributed by atoms with van der Waals surface area (Å²) in [5.41, 5.74) is 1.22. The van der Waals surface area contributed by atoms with Crippen molar-refractivity contribution >= 4 is 22.7 Å². The van der Waals surface area contributed by atoms with Crippen LogP contribution in [0.15, 0.2) is 76.5 Å². The van der Waals surface area contributed by atoms with Gasteiger partial charge in [0.25, 0.3) is 5.56 Å². The summed E-state index contributed by atoms with van der Waals surface area (Å²) in [6.45, 7) is 3.83. The number of aliphatic imine (C=N–C) groups is 1. The van der Waals surface area contributed by atoms with E-state index in [0.717, 1.165) is 27.8 Å². The molecule has 4 nitrogen and oxygen atoms in total. The van der Waals surface area contributed by atoms with Gasteiger partial charge in [0.2, 0.25) is 5.88 Å². The van der Waals surface area contributed by atoms with Crippen molar-refractivity contribution in [1.29, 1.82) is 0 Å². The average molecular weight is 436 g/mol. The number of halogens is 3. The van der Waals surface area contributed by atoms with Crippen molar-refractivity contribution in [2.24, 2.45) is 4.99 Å². The van der Waals surface area contributed by atoms with Gasteiger partial charge < -0.3 is 5.11 Å². The van der Waals surface area contributed by atoms with Crippen molar-refractivity contribution in [3.63, 3.8) is 0 Å². The number of alkyl halides is 3. The van der Waals surface area contributed by atoms with Gasteiger partial charge in [-0.3, -0.25) is 9.79 Å².